The first kappa shape index (κ1) is 57.5. The van der Waals surface area contributed by atoms with Crippen molar-refractivity contribution in [2.75, 3.05) is 41.0 Å². The first-order valence-corrected chi connectivity index (χ1v) is 25.0. The minimum absolute atomic E-state index is 0.0505. The van der Waals surface area contributed by atoms with Crippen molar-refractivity contribution >= 4 is 17.9 Å². The third-order valence-electron chi connectivity index (χ3n) is 11.3. The normalized spacial score (nSPS) is 13.2. The number of unbranched alkanes of at least 4 members (excludes halogenated alkanes) is 25. The van der Waals surface area contributed by atoms with Gasteiger partial charge in [-0.05, 0) is 44.9 Å². The van der Waals surface area contributed by atoms with E-state index in [9.17, 15) is 19.5 Å². The highest BCUT2D eigenvalue weighted by Gasteiger charge is 2.31. The van der Waals surface area contributed by atoms with Gasteiger partial charge in [0.15, 0.2) is 12.1 Å². The number of carbonyl (C=O) groups excluding carboxylic acids is 2. The van der Waals surface area contributed by atoms with E-state index in [0.29, 0.717) is 19.3 Å². The second kappa shape index (κ2) is 43.2. The smallest absolute Gasteiger partial charge is 0.362 e. The molecule has 2 unspecified atom stereocenters. The number of allylic oxidation sites excluding steroid dienone is 6. The second-order valence-corrected chi connectivity index (χ2v) is 18.1. The number of nitrogens with zero attached hydrogens (tertiary/aromatic N) is 1. The predicted octanol–water partition coefficient (Wildman–Crippen LogP) is 14.2. The Bertz CT molecular complexity index is 1080. The summed E-state index contributed by atoms with van der Waals surface area (Å²) in [5.74, 6) is -1.46. The molecular weight excluding hydrogens is 751 g/mol. The van der Waals surface area contributed by atoms with Gasteiger partial charge in [0.2, 0.25) is 0 Å². The molecule has 0 aliphatic carbocycles. The molecule has 60 heavy (non-hydrogen) atoms. The van der Waals surface area contributed by atoms with Gasteiger partial charge in [-0.15, -0.1) is 0 Å². The fourth-order valence-electron chi connectivity index (χ4n) is 7.46. The molecule has 0 aromatic rings. The van der Waals surface area contributed by atoms with Crippen molar-refractivity contribution in [2.45, 2.75) is 238 Å². The molecular formula is C52H96NO7+. The molecule has 0 aromatic heterocycles. The van der Waals surface area contributed by atoms with Crippen LogP contribution < -0.4 is 0 Å². The second-order valence-electron chi connectivity index (χ2n) is 18.1. The number of quaternary nitrogens is 1. The van der Waals surface area contributed by atoms with Crippen LogP contribution in [-0.4, -0.2) is 80.6 Å². The Balaban J connectivity index is 4.24. The number of carbonyl (C=O) groups is 3. The maximum atomic E-state index is 12.8. The Labute approximate surface area is 370 Å². The number of aliphatic carboxylic acids is 1. The summed E-state index contributed by atoms with van der Waals surface area (Å²) in [5.41, 5.74) is 0. The van der Waals surface area contributed by atoms with E-state index in [1.165, 1.54) is 135 Å². The van der Waals surface area contributed by atoms with Gasteiger partial charge in [-0.2, -0.15) is 0 Å². The monoisotopic (exact) mass is 847 g/mol. The zero-order valence-corrected chi connectivity index (χ0v) is 39.9. The summed E-state index contributed by atoms with van der Waals surface area (Å²) in [6.07, 6.45) is 50.4. The van der Waals surface area contributed by atoms with E-state index >= 15 is 0 Å². The lowest BCUT2D eigenvalue weighted by Gasteiger charge is -2.31. The first-order valence-electron chi connectivity index (χ1n) is 25.0. The SMILES string of the molecule is CC/C=C/C/C=C/C/C=C/CCCCCCCCCCCC(=O)OCC(COCCC(C(=O)O)[N+](C)(C)C)OC(=O)CCCCCCCCCCCCCCCCCCC. The fraction of sp³-hybridized carbons (Fsp3) is 0.827. The van der Waals surface area contributed by atoms with E-state index in [2.05, 4.69) is 50.3 Å². The van der Waals surface area contributed by atoms with Gasteiger partial charge in [0.1, 0.15) is 6.61 Å². The Morgan fingerprint density at radius 2 is 0.933 bits per heavy atom. The first-order chi connectivity index (χ1) is 29.1. The number of hydrogen-bond acceptors (Lipinski definition) is 6. The summed E-state index contributed by atoms with van der Waals surface area (Å²) in [7, 11) is 5.54. The third kappa shape index (κ3) is 40.9. The third-order valence-corrected chi connectivity index (χ3v) is 11.3. The quantitative estimate of drug-likeness (QED) is 0.0282. The number of likely N-dealkylation sites (N-methyl/N-ethyl adjacent to an activating group) is 1. The standard InChI is InChI=1S/C52H95NO7/c1-6-8-10-12-14-16-18-20-22-24-25-27-28-30-32-34-36-38-40-42-50(54)59-47-48(46-58-45-44-49(52(56)57)53(3,4)5)60-51(55)43-41-39-37-35-33-31-29-26-23-21-19-17-15-13-11-9-7-2/h8,10,14,16,20,22,48-49H,6-7,9,11-13,15,17-19,21,23-47H2,1-5H3/p+1/b10-8+,16-14+,22-20+. The fourth-order valence-corrected chi connectivity index (χ4v) is 7.46. The van der Waals surface area contributed by atoms with Gasteiger partial charge in [0.05, 0.1) is 34.4 Å². The van der Waals surface area contributed by atoms with E-state index in [0.717, 1.165) is 57.8 Å². The van der Waals surface area contributed by atoms with Crippen molar-refractivity contribution in [1.82, 2.24) is 0 Å². The molecule has 2 atom stereocenters. The van der Waals surface area contributed by atoms with Crippen molar-refractivity contribution in [3.63, 3.8) is 0 Å². The largest absolute Gasteiger partial charge is 0.477 e. The molecule has 350 valence electrons. The molecule has 0 saturated heterocycles. The number of rotatable bonds is 45. The molecule has 0 spiro atoms. The van der Waals surface area contributed by atoms with Crippen molar-refractivity contribution in [3.8, 4) is 0 Å². The van der Waals surface area contributed by atoms with Crippen molar-refractivity contribution in [2.24, 2.45) is 0 Å². The van der Waals surface area contributed by atoms with Crippen LogP contribution in [0.1, 0.15) is 226 Å². The topological polar surface area (TPSA) is 99.1 Å². The molecule has 0 saturated carbocycles. The highest BCUT2D eigenvalue weighted by Crippen LogP contribution is 2.16. The molecule has 0 aromatic carbocycles. The molecule has 0 aliphatic rings. The van der Waals surface area contributed by atoms with Crippen LogP contribution in [0.25, 0.3) is 0 Å². The Kier molecular flexibility index (Phi) is 41.4. The zero-order chi connectivity index (χ0) is 44.2. The highest BCUT2D eigenvalue weighted by atomic mass is 16.6. The lowest BCUT2D eigenvalue weighted by Crippen LogP contribution is -2.50. The molecule has 0 rings (SSSR count). The van der Waals surface area contributed by atoms with Crippen LogP contribution >= 0.6 is 0 Å². The Morgan fingerprint density at radius 3 is 1.38 bits per heavy atom. The lowest BCUT2D eigenvalue weighted by atomic mass is 10.0. The molecule has 1 N–H and O–H groups in total. The molecule has 0 heterocycles. The van der Waals surface area contributed by atoms with E-state index in [1.807, 2.05) is 21.1 Å². The number of carboxylic acids is 1. The summed E-state index contributed by atoms with van der Waals surface area (Å²) < 4.78 is 17.4. The molecule has 8 heteroatoms. The van der Waals surface area contributed by atoms with E-state index in [1.54, 1.807) is 0 Å². The molecule has 0 bridgehead atoms. The van der Waals surface area contributed by atoms with Gasteiger partial charge in [-0.1, -0.05) is 198 Å². The number of ether oxygens (including phenoxy) is 3. The number of esters is 2. The molecule has 0 radical (unpaired) electrons. The summed E-state index contributed by atoms with van der Waals surface area (Å²) in [5, 5.41) is 9.65. The van der Waals surface area contributed by atoms with Crippen LogP contribution in [0.2, 0.25) is 0 Å². The predicted molar refractivity (Wildman–Crippen MR) is 252 cm³/mol. The molecule has 0 fully saturated rings. The van der Waals surface area contributed by atoms with E-state index in [4.69, 9.17) is 14.2 Å². The average Bonchev–Trinajstić information content (AvgIpc) is 3.21. The Hall–Kier alpha value is -2.45. The van der Waals surface area contributed by atoms with E-state index in [-0.39, 0.29) is 36.2 Å². The van der Waals surface area contributed by atoms with Crippen molar-refractivity contribution in [1.29, 1.82) is 0 Å². The van der Waals surface area contributed by atoms with Gasteiger partial charge in [-0.25, -0.2) is 4.79 Å². The zero-order valence-electron chi connectivity index (χ0n) is 39.9. The van der Waals surface area contributed by atoms with Crippen molar-refractivity contribution in [3.05, 3.63) is 36.5 Å². The van der Waals surface area contributed by atoms with Crippen LogP contribution in [-0.2, 0) is 28.6 Å². The van der Waals surface area contributed by atoms with Gasteiger partial charge < -0.3 is 23.8 Å². The Morgan fingerprint density at radius 1 is 0.517 bits per heavy atom. The number of carboxylic acid groups (broad SMARTS) is 1. The summed E-state index contributed by atoms with van der Waals surface area (Å²) >= 11 is 0. The van der Waals surface area contributed by atoms with Gasteiger partial charge >= 0.3 is 17.9 Å². The van der Waals surface area contributed by atoms with Gasteiger partial charge in [-0.3, -0.25) is 9.59 Å². The highest BCUT2D eigenvalue weighted by molar-refractivity contribution is 5.72. The number of hydrogen-bond donors (Lipinski definition) is 1. The van der Waals surface area contributed by atoms with Crippen LogP contribution in [0.4, 0.5) is 0 Å². The molecule has 0 amide bonds. The average molecular weight is 847 g/mol. The van der Waals surface area contributed by atoms with E-state index < -0.39 is 18.1 Å². The summed E-state index contributed by atoms with van der Waals surface area (Å²) in [6, 6.07) is -0.614. The maximum absolute atomic E-state index is 12.8. The minimum atomic E-state index is -0.873. The van der Waals surface area contributed by atoms with Gasteiger partial charge in [0.25, 0.3) is 0 Å². The lowest BCUT2D eigenvalue weighted by molar-refractivity contribution is -0.887. The molecule has 0 aliphatic heterocycles. The van der Waals surface area contributed by atoms with Crippen LogP contribution in [0.5, 0.6) is 0 Å². The summed E-state index contributed by atoms with van der Waals surface area (Å²) in [4.78, 5) is 37.1. The van der Waals surface area contributed by atoms with Crippen LogP contribution in [0.15, 0.2) is 36.5 Å². The van der Waals surface area contributed by atoms with Crippen LogP contribution in [0, 0.1) is 0 Å². The minimum Gasteiger partial charge on any atom is -0.477 e. The van der Waals surface area contributed by atoms with Gasteiger partial charge in [0, 0.05) is 19.3 Å². The summed E-state index contributed by atoms with van der Waals surface area (Å²) in [6.45, 7) is 4.65. The maximum Gasteiger partial charge on any atom is 0.362 e. The van der Waals surface area contributed by atoms with Crippen LogP contribution in [0.3, 0.4) is 0 Å². The molecule has 8 nitrogen and oxygen atoms in total. The van der Waals surface area contributed by atoms with Crippen molar-refractivity contribution < 1.29 is 38.2 Å².